The first-order chi connectivity index (χ1) is 25.1. The van der Waals surface area contributed by atoms with Crippen molar-refractivity contribution in [1.82, 2.24) is 0 Å². The largest absolute Gasteiger partial charge is 0.494 e. The Morgan fingerprint density at radius 1 is 0.451 bits per heavy atom. The van der Waals surface area contributed by atoms with Crippen molar-refractivity contribution in [2.45, 2.75) is 78.1 Å². The molecule has 0 amide bonds. The third kappa shape index (κ3) is 10.7. The fourth-order valence-electron chi connectivity index (χ4n) is 6.72. The van der Waals surface area contributed by atoms with E-state index in [-0.39, 0.29) is 10.8 Å². The molecule has 51 heavy (non-hydrogen) atoms. The molecule has 0 aromatic heterocycles. The Balaban J connectivity index is 0.864. The van der Waals surface area contributed by atoms with Crippen LogP contribution in [0, 0.1) is 10.8 Å². The zero-order valence-corrected chi connectivity index (χ0v) is 30.9. The van der Waals surface area contributed by atoms with Crippen LogP contribution in [0.15, 0.2) is 72.8 Å². The predicted molar refractivity (Wildman–Crippen MR) is 203 cm³/mol. The van der Waals surface area contributed by atoms with Gasteiger partial charge in [-0.1, -0.05) is 75.2 Å². The maximum absolute atomic E-state index is 6.11. The van der Waals surface area contributed by atoms with Gasteiger partial charge in [-0.15, -0.1) is 0 Å². The molecule has 4 aliphatic carbocycles. The first kappa shape index (κ1) is 37.6. The SMILES string of the molecule is CCC1(COCCCCCCOc2cc3ccc(-c4ccc5cc(OCCCCCCOOCC6(CC)COC6)cc-5cc4)ccc-3c2)COC1. The van der Waals surface area contributed by atoms with Crippen LogP contribution in [0.3, 0.4) is 0 Å². The Morgan fingerprint density at radius 3 is 1.25 bits per heavy atom. The van der Waals surface area contributed by atoms with E-state index in [2.05, 4.69) is 86.6 Å². The van der Waals surface area contributed by atoms with Crippen molar-refractivity contribution in [2.24, 2.45) is 10.8 Å². The summed E-state index contributed by atoms with van der Waals surface area (Å²) in [6.07, 6.45) is 10.9. The van der Waals surface area contributed by atoms with Gasteiger partial charge in [-0.2, -0.15) is 0 Å². The minimum Gasteiger partial charge on any atom is -0.494 e. The molecule has 0 bridgehead atoms. The molecule has 6 rings (SSSR count). The Bertz CT molecular complexity index is 1470. The maximum Gasteiger partial charge on any atom is 0.120 e. The lowest BCUT2D eigenvalue weighted by Gasteiger charge is -2.40. The maximum atomic E-state index is 6.11. The molecular weight excluding hydrogens is 640 g/mol. The van der Waals surface area contributed by atoms with E-state index in [9.17, 15) is 0 Å². The van der Waals surface area contributed by atoms with Crippen LogP contribution in [0.25, 0.3) is 33.4 Å². The predicted octanol–water partition coefficient (Wildman–Crippen LogP) is 10.3. The van der Waals surface area contributed by atoms with Gasteiger partial charge in [-0.05, 0) is 109 Å². The molecule has 7 heteroatoms. The van der Waals surface area contributed by atoms with E-state index in [0.29, 0.717) is 13.2 Å². The molecule has 0 radical (unpaired) electrons. The van der Waals surface area contributed by atoms with Crippen molar-refractivity contribution in [1.29, 1.82) is 0 Å². The van der Waals surface area contributed by atoms with Gasteiger partial charge in [0.15, 0.2) is 0 Å². The smallest absolute Gasteiger partial charge is 0.120 e. The van der Waals surface area contributed by atoms with Gasteiger partial charge in [-0.25, -0.2) is 9.78 Å². The molecule has 7 nitrogen and oxygen atoms in total. The van der Waals surface area contributed by atoms with Crippen molar-refractivity contribution in [2.75, 3.05) is 66.1 Å². The Kier molecular flexibility index (Phi) is 14.0. The first-order valence-electron chi connectivity index (χ1n) is 19.4. The summed E-state index contributed by atoms with van der Waals surface area (Å²) in [4.78, 5) is 10.8. The summed E-state index contributed by atoms with van der Waals surface area (Å²) in [6, 6.07) is 26.2. The monoisotopic (exact) mass is 698 g/mol. The Labute approximate surface area is 305 Å². The van der Waals surface area contributed by atoms with Gasteiger partial charge in [0.05, 0.1) is 59.5 Å². The summed E-state index contributed by atoms with van der Waals surface area (Å²) in [5.74, 6) is 1.89. The van der Waals surface area contributed by atoms with Crippen LogP contribution in [-0.4, -0.2) is 66.1 Å². The normalized spacial score (nSPS) is 16.2. The average molecular weight is 699 g/mol. The minimum atomic E-state index is 0.169. The molecule has 0 atom stereocenters. The summed E-state index contributed by atoms with van der Waals surface area (Å²) in [6.45, 7) is 12.1. The highest BCUT2D eigenvalue weighted by atomic mass is 17.2. The average Bonchev–Trinajstić information content (AvgIpc) is 3.56. The van der Waals surface area contributed by atoms with Crippen molar-refractivity contribution < 1.29 is 33.5 Å². The van der Waals surface area contributed by atoms with Gasteiger partial charge in [0.25, 0.3) is 0 Å². The molecule has 6 aliphatic rings. The van der Waals surface area contributed by atoms with E-state index in [1.54, 1.807) is 0 Å². The second-order valence-electron chi connectivity index (χ2n) is 14.8. The van der Waals surface area contributed by atoms with E-state index >= 15 is 0 Å². The van der Waals surface area contributed by atoms with Crippen LogP contribution in [0.1, 0.15) is 78.1 Å². The molecular formula is C44H58O7. The Hall–Kier alpha value is -3.20. The van der Waals surface area contributed by atoms with Crippen molar-refractivity contribution in [3.8, 4) is 44.9 Å². The standard InChI is InChI=1S/C44H58O7/c1-3-43(30-46-31-43)29-45-21-9-5-6-10-22-48-41-25-37-17-13-35(14-18-38(37)26-41)36-15-19-39-27-42(28-40(39)20-16-36)49-23-11-7-8-12-24-50-51-34-44(4-2)32-47-33-44/h13-20,25-28H,3-12,21-24,29-34H2,1-2H3. The Morgan fingerprint density at radius 2 is 0.843 bits per heavy atom. The van der Waals surface area contributed by atoms with Crippen molar-refractivity contribution in [3.63, 3.8) is 0 Å². The molecule has 2 aliphatic heterocycles. The zero-order valence-electron chi connectivity index (χ0n) is 30.9. The highest BCUT2D eigenvalue weighted by Gasteiger charge is 2.38. The fourth-order valence-corrected chi connectivity index (χ4v) is 6.72. The molecule has 0 spiro atoms. The van der Waals surface area contributed by atoms with E-state index in [1.807, 2.05) is 0 Å². The highest BCUT2D eigenvalue weighted by Crippen LogP contribution is 2.35. The van der Waals surface area contributed by atoms with Crippen LogP contribution in [-0.2, 0) is 24.0 Å². The van der Waals surface area contributed by atoms with Crippen LogP contribution in [0.5, 0.6) is 11.5 Å². The van der Waals surface area contributed by atoms with Gasteiger partial charge in [0.2, 0.25) is 0 Å². The molecule has 2 heterocycles. The van der Waals surface area contributed by atoms with Gasteiger partial charge in [0.1, 0.15) is 11.5 Å². The summed E-state index contributed by atoms with van der Waals surface area (Å²) >= 11 is 0. The van der Waals surface area contributed by atoms with Crippen molar-refractivity contribution >= 4 is 0 Å². The second kappa shape index (κ2) is 19.0. The number of ether oxygens (including phenoxy) is 5. The number of unbranched alkanes of at least 4 members (excludes halogenated alkanes) is 6. The molecule has 276 valence electrons. The third-order valence-electron chi connectivity index (χ3n) is 10.8. The molecule has 0 unspecified atom stereocenters. The summed E-state index contributed by atoms with van der Waals surface area (Å²) in [5, 5.41) is 0. The summed E-state index contributed by atoms with van der Waals surface area (Å²) < 4.78 is 28.8. The molecule has 2 saturated heterocycles. The van der Waals surface area contributed by atoms with E-state index in [0.717, 1.165) is 122 Å². The topological polar surface area (TPSA) is 64.6 Å². The number of hydrogen-bond acceptors (Lipinski definition) is 7. The second-order valence-corrected chi connectivity index (χ2v) is 14.8. The number of hydrogen-bond donors (Lipinski definition) is 0. The first-order valence-corrected chi connectivity index (χ1v) is 19.4. The lowest BCUT2D eigenvalue weighted by atomic mass is 9.84. The lowest BCUT2D eigenvalue weighted by molar-refractivity contribution is -0.328. The molecule has 0 aromatic carbocycles. The molecule has 2 fully saturated rings. The zero-order chi connectivity index (χ0) is 35.2. The number of fused-ring (bicyclic) bond motifs is 2. The molecule has 0 N–H and O–H groups in total. The van der Waals surface area contributed by atoms with Gasteiger partial charge >= 0.3 is 0 Å². The van der Waals surface area contributed by atoms with Gasteiger partial charge < -0.3 is 23.7 Å². The fraction of sp³-hybridized carbons (Fsp3) is 0.545. The highest BCUT2D eigenvalue weighted by molar-refractivity contribution is 5.76. The molecule has 0 aromatic rings. The van der Waals surface area contributed by atoms with Crippen molar-refractivity contribution in [3.05, 3.63) is 72.8 Å². The van der Waals surface area contributed by atoms with Gasteiger partial charge in [-0.3, -0.25) is 0 Å². The third-order valence-corrected chi connectivity index (χ3v) is 10.8. The van der Waals surface area contributed by atoms with Crippen LogP contribution < -0.4 is 9.47 Å². The lowest BCUT2D eigenvalue weighted by Crippen LogP contribution is -2.45. The quantitative estimate of drug-likeness (QED) is 0.0410. The minimum absolute atomic E-state index is 0.169. The number of rotatable bonds is 24. The molecule has 0 saturated carbocycles. The summed E-state index contributed by atoms with van der Waals surface area (Å²) in [5.41, 5.74) is 7.58. The van der Waals surface area contributed by atoms with Crippen LogP contribution >= 0.6 is 0 Å². The van der Waals surface area contributed by atoms with E-state index < -0.39 is 0 Å². The summed E-state index contributed by atoms with van der Waals surface area (Å²) in [7, 11) is 0. The van der Waals surface area contributed by atoms with Gasteiger partial charge in [0, 0.05) is 17.4 Å². The van der Waals surface area contributed by atoms with E-state index in [1.165, 1.54) is 39.8 Å². The van der Waals surface area contributed by atoms with E-state index in [4.69, 9.17) is 33.5 Å². The van der Waals surface area contributed by atoms with Crippen LogP contribution in [0.2, 0.25) is 0 Å². The van der Waals surface area contributed by atoms with Crippen LogP contribution in [0.4, 0.5) is 0 Å².